The first-order chi connectivity index (χ1) is 6.72. The van der Waals surface area contributed by atoms with Crippen molar-refractivity contribution >= 4 is 5.78 Å². The van der Waals surface area contributed by atoms with Crippen molar-refractivity contribution in [3.05, 3.63) is 11.8 Å². The van der Waals surface area contributed by atoms with Gasteiger partial charge in [0.05, 0.1) is 5.92 Å². The molecule has 1 aliphatic heterocycles. The van der Waals surface area contributed by atoms with E-state index in [0.717, 1.165) is 0 Å². The molecule has 0 aromatic carbocycles. The Labute approximate surface area is 81.2 Å². The standard InChI is InChI=1S/C10H10FNO2/c11-7-1-2-9-8(3-7)10(13)6(4-12)5-14-9/h5,7-9H,1-3H2. The average Bonchev–Trinajstić information content (AvgIpc) is 2.20. The van der Waals surface area contributed by atoms with Crippen LogP contribution in [-0.2, 0) is 9.53 Å². The van der Waals surface area contributed by atoms with E-state index >= 15 is 0 Å². The molecule has 14 heavy (non-hydrogen) atoms. The lowest BCUT2D eigenvalue weighted by Gasteiger charge is -2.33. The third-order valence-electron chi connectivity index (χ3n) is 2.81. The van der Waals surface area contributed by atoms with E-state index in [0.29, 0.717) is 12.8 Å². The Morgan fingerprint density at radius 2 is 2.36 bits per heavy atom. The summed E-state index contributed by atoms with van der Waals surface area (Å²) in [6.45, 7) is 0. The summed E-state index contributed by atoms with van der Waals surface area (Å²) in [6, 6.07) is 1.77. The van der Waals surface area contributed by atoms with Crippen LogP contribution in [0, 0.1) is 17.2 Å². The van der Waals surface area contributed by atoms with E-state index in [9.17, 15) is 9.18 Å². The fourth-order valence-corrected chi connectivity index (χ4v) is 2.02. The zero-order chi connectivity index (χ0) is 10.1. The molecule has 3 unspecified atom stereocenters. The molecule has 0 radical (unpaired) electrons. The smallest absolute Gasteiger partial charge is 0.183 e. The maximum absolute atomic E-state index is 13.0. The van der Waals surface area contributed by atoms with Crippen LogP contribution in [0.15, 0.2) is 11.8 Å². The minimum absolute atomic E-state index is 0.0142. The van der Waals surface area contributed by atoms with Crippen LogP contribution in [0.3, 0.4) is 0 Å². The lowest BCUT2D eigenvalue weighted by molar-refractivity contribution is -0.127. The van der Waals surface area contributed by atoms with Gasteiger partial charge in [0.25, 0.3) is 0 Å². The molecule has 4 heteroatoms. The van der Waals surface area contributed by atoms with E-state index in [-0.39, 0.29) is 23.9 Å². The Hall–Kier alpha value is -1.37. The summed E-state index contributed by atoms with van der Waals surface area (Å²) >= 11 is 0. The van der Waals surface area contributed by atoms with E-state index in [4.69, 9.17) is 10.00 Å². The fourth-order valence-electron chi connectivity index (χ4n) is 2.02. The topological polar surface area (TPSA) is 50.1 Å². The largest absolute Gasteiger partial charge is 0.496 e. The number of carbonyl (C=O) groups is 1. The molecule has 0 saturated heterocycles. The van der Waals surface area contributed by atoms with E-state index in [1.54, 1.807) is 6.07 Å². The quantitative estimate of drug-likeness (QED) is 0.588. The van der Waals surface area contributed by atoms with Crippen LogP contribution < -0.4 is 0 Å². The molecule has 2 rings (SSSR count). The minimum Gasteiger partial charge on any atom is -0.496 e. The molecular weight excluding hydrogens is 185 g/mol. The zero-order valence-electron chi connectivity index (χ0n) is 7.57. The molecule has 0 bridgehead atoms. The predicted octanol–water partition coefficient (Wildman–Crippen LogP) is 1.50. The summed E-state index contributed by atoms with van der Waals surface area (Å²) in [6.07, 6.45) is 1.27. The van der Waals surface area contributed by atoms with Crippen molar-refractivity contribution in [1.29, 1.82) is 5.26 Å². The van der Waals surface area contributed by atoms with Crippen LogP contribution in [0.2, 0.25) is 0 Å². The first-order valence-electron chi connectivity index (χ1n) is 4.66. The van der Waals surface area contributed by atoms with Crippen LogP contribution in [0.4, 0.5) is 4.39 Å². The number of carbonyl (C=O) groups excluding carboxylic acids is 1. The number of alkyl halides is 1. The predicted molar refractivity (Wildman–Crippen MR) is 45.8 cm³/mol. The number of rotatable bonds is 0. The first-order valence-corrected chi connectivity index (χ1v) is 4.66. The molecule has 1 saturated carbocycles. The summed E-state index contributed by atoms with van der Waals surface area (Å²) < 4.78 is 18.3. The number of hydrogen-bond donors (Lipinski definition) is 0. The number of Topliss-reactive ketones (excluding diaryl/α,β-unsaturated/α-hetero) is 1. The van der Waals surface area contributed by atoms with Gasteiger partial charge in [-0.3, -0.25) is 4.79 Å². The molecule has 0 aromatic rings. The van der Waals surface area contributed by atoms with Crippen molar-refractivity contribution in [3.63, 3.8) is 0 Å². The van der Waals surface area contributed by atoms with Crippen molar-refractivity contribution in [1.82, 2.24) is 0 Å². The summed E-state index contributed by atoms with van der Waals surface area (Å²) in [5.74, 6) is -0.704. The van der Waals surface area contributed by atoms with Gasteiger partial charge >= 0.3 is 0 Å². The van der Waals surface area contributed by atoms with Gasteiger partial charge in [-0.1, -0.05) is 0 Å². The monoisotopic (exact) mass is 195 g/mol. The van der Waals surface area contributed by atoms with E-state index in [2.05, 4.69) is 0 Å². The molecular formula is C10H10FNO2. The lowest BCUT2D eigenvalue weighted by atomic mass is 9.79. The van der Waals surface area contributed by atoms with Crippen molar-refractivity contribution < 1.29 is 13.9 Å². The minimum atomic E-state index is -0.929. The van der Waals surface area contributed by atoms with Crippen LogP contribution in [0.5, 0.6) is 0 Å². The van der Waals surface area contributed by atoms with Gasteiger partial charge in [-0.15, -0.1) is 0 Å². The Bertz CT molecular complexity index is 332. The van der Waals surface area contributed by atoms with Gasteiger partial charge in [-0.05, 0) is 19.3 Å². The molecule has 74 valence electrons. The number of hydrogen-bond acceptors (Lipinski definition) is 3. The van der Waals surface area contributed by atoms with Crippen LogP contribution in [0.25, 0.3) is 0 Å². The molecule has 0 amide bonds. The third-order valence-corrected chi connectivity index (χ3v) is 2.81. The maximum atomic E-state index is 13.0. The van der Waals surface area contributed by atoms with E-state index < -0.39 is 12.1 Å². The maximum Gasteiger partial charge on any atom is 0.183 e. The number of nitrogens with zero attached hydrogens (tertiary/aromatic N) is 1. The molecule has 0 spiro atoms. The van der Waals surface area contributed by atoms with Crippen molar-refractivity contribution in [3.8, 4) is 6.07 Å². The van der Waals surface area contributed by atoms with E-state index in [1.165, 1.54) is 6.26 Å². The highest BCUT2D eigenvalue weighted by atomic mass is 19.1. The van der Waals surface area contributed by atoms with Gasteiger partial charge in [0, 0.05) is 0 Å². The van der Waals surface area contributed by atoms with Gasteiger partial charge in [0.2, 0.25) is 0 Å². The van der Waals surface area contributed by atoms with Crippen LogP contribution in [0.1, 0.15) is 19.3 Å². The summed E-state index contributed by atoms with van der Waals surface area (Å²) in [7, 11) is 0. The number of nitriles is 1. The fraction of sp³-hybridized carbons (Fsp3) is 0.600. The highest BCUT2D eigenvalue weighted by Gasteiger charge is 2.40. The second-order valence-corrected chi connectivity index (χ2v) is 3.70. The highest BCUT2D eigenvalue weighted by molar-refractivity contribution is 6.01. The molecule has 1 aliphatic carbocycles. The van der Waals surface area contributed by atoms with Gasteiger partial charge in [-0.25, -0.2) is 4.39 Å². The first kappa shape index (κ1) is 9.20. The average molecular weight is 195 g/mol. The van der Waals surface area contributed by atoms with Crippen molar-refractivity contribution in [2.75, 3.05) is 0 Å². The van der Waals surface area contributed by atoms with Gasteiger partial charge in [0.1, 0.15) is 30.2 Å². The second-order valence-electron chi connectivity index (χ2n) is 3.70. The van der Waals surface area contributed by atoms with Crippen LogP contribution in [-0.4, -0.2) is 18.1 Å². The lowest BCUT2D eigenvalue weighted by Crippen LogP contribution is -2.39. The third kappa shape index (κ3) is 1.39. The molecule has 0 N–H and O–H groups in total. The number of ether oxygens (including phenoxy) is 1. The van der Waals surface area contributed by atoms with Crippen LogP contribution >= 0.6 is 0 Å². The number of fused-ring (bicyclic) bond motifs is 1. The SMILES string of the molecule is N#CC1=COC2CCC(F)CC2C1=O. The second kappa shape index (κ2) is 3.41. The molecule has 1 fully saturated rings. The Morgan fingerprint density at radius 1 is 1.57 bits per heavy atom. The molecule has 3 atom stereocenters. The zero-order valence-corrected chi connectivity index (χ0v) is 7.57. The van der Waals surface area contributed by atoms with Gasteiger partial charge < -0.3 is 4.74 Å². The Kier molecular flexibility index (Phi) is 2.24. The van der Waals surface area contributed by atoms with Crippen molar-refractivity contribution in [2.24, 2.45) is 5.92 Å². The molecule has 1 heterocycles. The Balaban J connectivity index is 2.21. The summed E-state index contributed by atoms with van der Waals surface area (Å²) in [5.41, 5.74) is 0.0142. The molecule has 2 aliphatic rings. The highest BCUT2D eigenvalue weighted by Crippen LogP contribution is 2.34. The normalized spacial score (nSPS) is 36.4. The van der Waals surface area contributed by atoms with Gasteiger partial charge in [-0.2, -0.15) is 5.26 Å². The van der Waals surface area contributed by atoms with E-state index in [1.807, 2.05) is 0 Å². The number of allylic oxidation sites excluding steroid dienone is 1. The number of ketones is 1. The molecule has 3 nitrogen and oxygen atoms in total. The van der Waals surface area contributed by atoms with Crippen molar-refractivity contribution in [2.45, 2.75) is 31.5 Å². The number of halogens is 1. The van der Waals surface area contributed by atoms with Gasteiger partial charge in [0.15, 0.2) is 5.78 Å². The summed E-state index contributed by atoms with van der Waals surface area (Å²) in [5, 5.41) is 8.60. The summed E-state index contributed by atoms with van der Waals surface area (Å²) in [4.78, 5) is 11.6. The molecule has 0 aromatic heterocycles. The Morgan fingerprint density at radius 3 is 3.07 bits per heavy atom.